The fourth-order valence-electron chi connectivity index (χ4n) is 1.81. The van der Waals surface area contributed by atoms with Crippen LogP contribution in [0, 0.1) is 6.92 Å². The summed E-state index contributed by atoms with van der Waals surface area (Å²) < 4.78 is 26.3. The Labute approximate surface area is 124 Å². The number of aliphatic carboxylic acids is 1. The molecule has 1 aromatic rings. The number of carbonyl (C=O) groups is 1. The summed E-state index contributed by atoms with van der Waals surface area (Å²) in [7, 11) is -3.89. The molecule has 0 amide bonds. The van der Waals surface area contributed by atoms with E-state index in [0.29, 0.717) is 17.0 Å². The van der Waals surface area contributed by atoms with Gasteiger partial charge in [0.2, 0.25) is 10.0 Å². The van der Waals surface area contributed by atoms with Gasteiger partial charge in [-0.1, -0.05) is 24.6 Å². The number of benzene rings is 1. The first-order chi connectivity index (χ1) is 9.21. The minimum Gasteiger partial charge on any atom is -0.480 e. The highest BCUT2D eigenvalue weighted by atomic mass is 35.5. The maximum Gasteiger partial charge on any atom is 0.318 e. The van der Waals surface area contributed by atoms with Gasteiger partial charge in [0.05, 0.1) is 4.90 Å². The lowest BCUT2D eigenvalue weighted by atomic mass is 10.2. The fraction of sp³-hybridized carbons (Fsp3) is 0.462. The number of halogens is 1. The summed E-state index contributed by atoms with van der Waals surface area (Å²) >= 11 is 5.94. The standard InChI is InChI=1S/C13H18ClNO4S/c1-4-9(2)15(8-13(16)17)20(18,19)12-7-5-6-11(14)10(12)3/h5-7,9H,4,8H2,1-3H3,(H,16,17). The van der Waals surface area contributed by atoms with Crippen molar-refractivity contribution in [2.24, 2.45) is 0 Å². The first kappa shape index (κ1) is 16.9. The lowest BCUT2D eigenvalue weighted by Crippen LogP contribution is -2.42. The quantitative estimate of drug-likeness (QED) is 0.874. The van der Waals surface area contributed by atoms with E-state index in [1.54, 1.807) is 26.8 Å². The molecule has 1 aromatic carbocycles. The Morgan fingerprint density at radius 2 is 2.05 bits per heavy atom. The topological polar surface area (TPSA) is 74.7 Å². The number of carboxylic acid groups (broad SMARTS) is 1. The molecule has 0 spiro atoms. The van der Waals surface area contributed by atoms with E-state index in [1.807, 2.05) is 0 Å². The van der Waals surface area contributed by atoms with Crippen LogP contribution in [0.15, 0.2) is 23.1 Å². The molecule has 1 rings (SSSR count). The highest BCUT2D eigenvalue weighted by Crippen LogP contribution is 2.27. The van der Waals surface area contributed by atoms with E-state index in [1.165, 1.54) is 12.1 Å². The molecule has 0 aliphatic rings. The Kier molecular flexibility index (Phi) is 5.56. The Morgan fingerprint density at radius 3 is 2.55 bits per heavy atom. The number of sulfonamides is 1. The molecule has 1 atom stereocenters. The largest absolute Gasteiger partial charge is 0.480 e. The molecule has 7 heteroatoms. The maximum atomic E-state index is 12.6. The van der Waals surface area contributed by atoms with E-state index in [9.17, 15) is 13.2 Å². The molecule has 0 aliphatic carbocycles. The van der Waals surface area contributed by atoms with Crippen molar-refractivity contribution in [2.45, 2.75) is 38.1 Å². The summed E-state index contributed by atoms with van der Waals surface area (Å²) in [6, 6.07) is 4.17. The third-order valence-corrected chi connectivity index (χ3v) is 5.69. The average molecular weight is 320 g/mol. The summed E-state index contributed by atoms with van der Waals surface area (Å²) in [4.78, 5) is 11.0. The monoisotopic (exact) mass is 319 g/mol. The van der Waals surface area contributed by atoms with Crippen molar-refractivity contribution >= 4 is 27.6 Å². The molecule has 0 heterocycles. The summed E-state index contributed by atoms with van der Waals surface area (Å²) in [5.74, 6) is -1.19. The Bertz CT molecular complexity index is 600. The number of nitrogens with zero attached hydrogens (tertiary/aromatic N) is 1. The zero-order valence-electron chi connectivity index (χ0n) is 11.6. The van der Waals surface area contributed by atoms with Crippen LogP contribution in [0.4, 0.5) is 0 Å². The normalized spacial score (nSPS) is 13.4. The Morgan fingerprint density at radius 1 is 1.45 bits per heavy atom. The molecule has 1 unspecified atom stereocenters. The zero-order valence-corrected chi connectivity index (χ0v) is 13.2. The highest BCUT2D eigenvalue weighted by Gasteiger charge is 2.31. The van der Waals surface area contributed by atoms with Crippen molar-refractivity contribution in [2.75, 3.05) is 6.54 Å². The van der Waals surface area contributed by atoms with E-state index in [0.717, 1.165) is 4.31 Å². The van der Waals surface area contributed by atoms with Gasteiger partial charge in [-0.3, -0.25) is 4.79 Å². The minimum absolute atomic E-state index is 0.0477. The molecule has 0 bridgehead atoms. The molecule has 0 fully saturated rings. The van der Waals surface area contributed by atoms with Crippen LogP contribution in [0.1, 0.15) is 25.8 Å². The molecule has 112 valence electrons. The van der Waals surface area contributed by atoms with Gasteiger partial charge in [-0.2, -0.15) is 4.31 Å². The second kappa shape index (κ2) is 6.56. The average Bonchev–Trinajstić information content (AvgIpc) is 2.37. The molecular formula is C13H18ClNO4S. The first-order valence-electron chi connectivity index (χ1n) is 6.20. The molecule has 0 radical (unpaired) electrons. The van der Waals surface area contributed by atoms with Crippen molar-refractivity contribution < 1.29 is 18.3 Å². The minimum atomic E-state index is -3.89. The Hall–Kier alpha value is -1.11. The number of hydrogen-bond acceptors (Lipinski definition) is 3. The van der Waals surface area contributed by atoms with Gasteiger partial charge in [-0.05, 0) is 38.0 Å². The van der Waals surface area contributed by atoms with Gasteiger partial charge in [0.1, 0.15) is 6.54 Å². The summed E-state index contributed by atoms with van der Waals surface area (Å²) in [6.45, 7) is 4.52. The van der Waals surface area contributed by atoms with Crippen molar-refractivity contribution in [3.8, 4) is 0 Å². The molecular weight excluding hydrogens is 302 g/mol. The van der Waals surface area contributed by atoms with Crippen LogP contribution in [0.25, 0.3) is 0 Å². The van der Waals surface area contributed by atoms with Gasteiger partial charge in [0, 0.05) is 11.1 Å². The zero-order chi connectivity index (χ0) is 15.5. The molecule has 5 nitrogen and oxygen atoms in total. The van der Waals surface area contributed by atoms with E-state index in [2.05, 4.69) is 0 Å². The van der Waals surface area contributed by atoms with Gasteiger partial charge in [-0.25, -0.2) is 8.42 Å². The Balaban J connectivity index is 3.36. The van der Waals surface area contributed by atoms with Crippen LogP contribution >= 0.6 is 11.6 Å². The van der Waals surface area contributed by atoms with Gasteiger partial charge >= 0.3 is 5.97 Å². The second-order valence-corrected chi connectivity index (χ2v) is 6.83. The van der Waals surface area contributed by atoms with Crippen molar-refractivity contribution in [3.05, 3.63) is 28.8 Å². The number of rotatable bonds is 6. The maximum absolute atomic E-state index is 12.6. The molecule has 0 aromatic heterocycles. The van der Waals surface area contributed by atoms with Crippen molar-refractivity contribution in [1.82, 2.24) is 4.31 Å². The molecule has 0 saturated heterocycles. The number of hydrogen-bond donors (Lipinski definition) is 1. The summed E-state index contributed by atoms with van der Waals surface area (Å²) in [5, 5.41) is 9.27. The second-order valence-electron chi connectivity index (χ2n) is 4.56. The fourth-order valence-corrected chi connectivity index (χ4v) is 3.94. The summed E-state index contributed by atoms with van der Waals surface area (Å²) in [6.07, 6.45) is 0.520. The third kappa shape index (κ3) is 3.50. The smallest absolute Gasteiger partial charge is 0.318 e. The van der Waals surface area contributed by atoms with E-state index >= 15 is 0 Å². The van der Waals surface area contributed by atoms with Crippen LogP contribution < -0.4 is 0 Å². The third-order valence-electron chi connectivity index (χ3n) is 3.18. The van der Waals surface area contributed by atoms with Crippen LogP contribution in [0.3, 0.4) is 0 Å². The van der Waals surface area contributed by atoms with Gasteiger partial charge in [0.15, 0.2) is 0 Å². The first-order valence-corrected chi connectivity index (χ1v) is 8.02. The molecule has 0 saturated carbocycles. The van der Waals surface area contributed by atoms with Crippen molar-refractivity contribution in [1.29, 1.82) is 0 Å². The van der Waals surface area contributed by atoms with E-state index in [-0.39, 0.29) is 4.90 Å². The predicted molar refractivity (Wildman–Crippen MR) is 77.5 cm³/mol. The lowest BCUT2D eigenvalue weighted by Gasteiger charge is -2.26. The SMILES string of the molecule is CCC(C)N(CC(=O)O)S(=O)(=O)c1cccc(Cl)c1C. The predicted octanol–water partition coefficient (Wildman–Crippen LogP) is 2.52. The summed E-state index contributed by atoms with van der Waals surface area (Å²) in [5.41, 5.74) is 0.424. The molecule has 1 N–H and O–H groups in total. The highest BCUT2D eigenvalue weighted by molar-refractivity contribution is 7.89. The molecule has 0 aliphatic heterocycles. The van der Waals surface area contributed by atoms with Crippen LogP contribution in [-0.2, 0) is 14.8 Å². The van der Waals surface area contributed by atoms with Crippen LogP contribution in [0.5, 0.6) is 0 Å². The lowest BCUT2D eigenvalue weighted by molar-refractivity contribution is -0.137. The van der Waals surface area contributed by atoms with E-state index in [4.69, 9.17) is 16.7 Å². The van der Waals surface area contributed by atoms with E-state index < -0.39 is 28.6 Å². The van der Waals surface area contributed by atoms with Crippen LogP contribution in [-0.4, -0.2) is 36.4 Å². The van der Waals surface area contributed by atoms with Crippen molar-refractivity contribution in [3.63, 3.8) is 0 Å². The van der Waals surface area contributed by atoms with Gasteiger partial charge in [0.25, 0.3) is 0 Å². The van der Waals surface area contributed by atoms with Crippen LogP contribution in [0.2, 0.25) is 5.02 Å². The molecule has 20 heavy (non-hydrogen) atoms. The van der Waals surface area contributed by atoms with Gasteiger partial charge in [-0.15, -0.1) is 0 Å². The van der Waals surface area contributed by atoms with Gasteiger partial charge < -0.3 is 5.11 Å². The number of carboxylic acids is 1.